The third-order valence-electron chi connectivity index (χ3n) is 3.72. The van der Waals surface area contributed by atoms with Gasteiger partial charge in [-0.15, -0.1) is 0 Å². The summed E-state index contributed by atoms with van der Waals surface area (Å²) in [6, 6.07) is 11.1. The fourth-order valence-corrected chi connectivity index (χ4v) is 2.49. The summed E-state index contributed by atoms with van der Waals surface area (Å²) in [4.78, 5) is 16.6. The molecule has 2 aromatic heterocycles. The van der Waals surface area contributed by atoms with Crippen molar-refractivity contribution in [3.05, 3.63) is 66.1 Å². The summed E-state index contributed by atoms with van der Waals surface area (Å²) in [6.45, 7) is 0.384. The molecule has 0 saturated carbocycles. The molecule has 0 atom stereocenters. The molecule has 1 N–H and O–H groups in total. The highest BCUT2D eigenvalue weighted by Gasteiger charge is 2.11. The van der Waals surface area contributed by atoms with Crippen LogP contribution in [0.3, 0.4) is 0 Å². The molecule has 6 nitrogen and oxygen atoms in total. The number of hydrogen-bond donors (Lipinski definition) is 1. The number of para-hydroxylation sites is 1. The monoisotopic (exact) mass is 322 g/mol. The average molecular weight is 322 g/mol. The highest BCUT2D eigenvalue weighted by molar-refractivity contribution is 5.96. The van der Waals surface area contributed by atoms with Gasteiger partial charge in [-0.1, -0.05) is 12.1 Å². The maximum atomic E-state index is 12.3. The number of nitrogens with zero attached hydrogens (tertiary/aromatic N) is 3. The topological polar surface area (TPSA) is 69.0 Å². The molecular formula is C18H18N4O2. The Bertz CT molecular complexity index is 857. The maximum absolute atomic E-state index is 12.3. The molecule has 0 aliphatic heterocycles. The van der Waals surface area contributed by atoms with Crippen molar-refractivity contribution < 1.29 is 9.53 Å². The molecule has 1 amide bonds. The molecule has 0 unspecified atom stereocenters. The van der Waals surface area contributed by atoms with Crippen LogP contribution in [0.15, 0.2) is 55.0 Å². The van der Waals surface area contributed by atoms with E-state index in [4.69, 9.17) is 4.74 Å². The third-order valence-corrected chi connectivity index (χ3v) is 3.72. The lowest BCUT2D eigenvalue weighted by atomic mass is 10.1. The van der Waals surface area contributed by atoms with Gasteiger partial charge in [-0.2, -0.15) is 5.10 Å². The Labute approximate surface area is 140 Å². The number of carbonyl (C=O) groups excluding carboxylic acids is 1. The van der Waals surface area contributed by atoms with E-state index < -0.39 is 0 Å². The molecule has 2 heterocycles. The number of methoxy groups -OCH3 is 1. The number of aryl methyl sites for hydroxylation is 1. The number of pyridine rings is 1. The van der Waals surface area contributed by atoms with E-state index in [0.29, 0.717) is 17.9 Å². The minimum atomic E-state index is -0.182. The summed E-state index contributed by atoms with van der Waals surface area (Å²) < 4.78 is 7.00. The number of carbonyl (C=O) groups is 1. The molecule has 3 aromatic rings. The second-order valence-electron chi connectivity index (χ2n) is 5.30. The molecule has 3 rings (SSSR count). The average Bonchev–Trinajstić information content (AvgIpc) is 3.06. The van der Waals surface area contributed by atoms with Gasteiger partial charge < -0.3 is 10.1 Å². The summed E-state index contributed by atoms with van der Waals surface area (Å²) >= 11 is 0. The maximum Gasteiger partial charge on any atom is 0.255 e. The standard InChI is InChI=1S/C18H18N4O2/c1-22-16(7-8-21-22)14-9-13(10-19-12-14)11-20-18(23)15-5-3-4-6-17(15)24-2/h3-10,12H,11H2,1-2H3,(H,20,23). The first-order valence-corrected chi connectivity index (χ1v) is 7.52. The lowest BCUT2D eigenvalue weighted by Crippen LogP contribution is -2.23. The number of rotatable bonds is 5. The number of nitrogens with one attached hydrogen (secondary N) is 1. The second-order valence-corrected chi connectivity index (χ2v) is 5.30. The SMILES string of the molecule is COc1ccccc1C(=O)NCc1cncc(-c2ccnn2C)c1. The Morgan fingerprint density at radius 1 is 1.25 bits per heavy atom. The summed E-state index contributed by atoms with van der Waals surface area (Å²) in [6.07, 6.45) is 5.26. The fourth-order valence-electron chi connectivity index (χ4n) is 2.49. The van der Waals surface area contributed by atoms with Gasteiger partial charge in [0.05, 0.1) is 18.4 Å². The zero-order valence-electron chi connectivity index (χ0n) is 13.6. The normalized spacial score (nSPS) is 10.4. The van der Waals surface area contributed by atoms with E-state index in [0.717, 1.165) is 16.8 Å². The smallest absolute Gasteiger partial charge is 0.255 e. The van der Waals surface area contributed by atoms with E-state index in [-0.39, 0.29) is 5.91 Å². The van der Waals surface area contributed by atoms with Gasteiger partial charge in [0.25, 0.3) is 5.91 Å². The second kappa shape index (κ2) is 6.95. The number of hydrogen-bond acceptors (Lipinski definition) is 4. The first-order chi connectivity index (χ1) is 11.7. The minimum Gasteiger partial charge on any atom is -0.496 e. The first-order valence-electron chi connectivity index (χ1n) is 7.52. The largest absolute Gasteiger partial charge is 0.496 e. The molecule has 24 heavy (non-hydrogen) atoms. The van der Waals surface area contributed by atoms with Gasteiger partial charge in [-0.05, 0) is 29.8 Å². The van der Waals surface area contributed by atoms with Crippen LogP contribution in [0.2, 0.25) is 0 Å². The molecule has 122 valence electrons. The van der Waals surface area contributed by atoms with Gasteiger partial charge in [0.1, 0.15) is 5.75 Å². The van der Waals surface area contributed by atoms with Crippen molar-refractivity contribution in [3.8, 4) is 17.0 Å². The van der Waals surface area contributed by atoms with Crippen molar-refractivity contribution in [2.24, 2.45) is 7.05 Å². The molecule has 6 heteroatoms. The van der Waals surface area contributed by atoms with Crippen molar-refractivity contribution in [3.63, 3.8) is 0 Å². The Kier molecular flexibility index (Phi) is 4.56. The van der Waals surface area contributed by atoms with E-state index in [1.165, 1.54) is 0 Å². The van der Waals surface area contributed by atoms with Crippen molar-refractivity contribution in [1.82, 2.24) is 20.1 Å². The fraction of sp³-hybridized carbons (Fsp3) is 0.167. The summed E-state index contributed by atoms with van der Waals surface area (Å²) in [7, 11) is 3.43. The number of benzene rings is 1. The van der Waals surface area contributed by atoms with Crippen LogP contribution in [-0.4, -0.2) is 27.8 Å². The summed E-state index contributed by atoms with van der Waals surface area (Å²) in [5, 5.41) is 7.06. The number of ether oxygens (including phenoxy) is 1. The van der Waals surface area contributed by atoms with Gasteiger partial charge in [0.15, 0.2) is 0 Å². The van der Waals surface area contributed by atoms with Crippen LogP contribution in [0.1, 0.15) is 15.9 Å². The van der Waals surface area contributed by atoms with E-state index in [1.807, 2.05) is 31.3 Å². The van der Waals surface area contributed by atoms with Gasteiger partial charge in [-0.25, -0.2) is 0 Å². The lowest BCUT2D eigenvalue weighted by molar-refractivity contribution is 0.0948. The quantitative estimate of drug-likeness (QED) is 0.783. The van der Waals surface area contributed by atoms with Crippen LogP contribution in [0.25, 0.3) is 11.3 Å². The third kappa shape index (κ3) is 3.27. The zero-order chi connectivity index (χ0) is 16.9. The molecule has 0 spiro atoms. The zero-order valence-corrected chi connectivity index (χ0v) is 13.6. The van der Waals surface area contributed by atoms with Gasteiger partial charge in [0, 0.05) is 37.7 Å². The van der Waals surface area contributed by atoms with E-state index >= 15 is 0 Å². The van der Waals surface area contributed by atoms with Crippen LogP contribution < -0.4 is 10.1 Å². The van der Waals surface area contributed by atoms with Crippen LogP contribution in [-0.2, 0) is 13.6 Å². The Morgan fingerprint density at radius 3 is 2.83 bits per heavy atom. The van der Waals surface area contributed by atoms with Crippen LogP contribution in [0.5, 0.6) is 5.75 Å². The molecule has 1 aromatic carbocycles. The summed E-state index contributed by atoms with van der Waals surface area (Å²) in [5.74, 6) is 0.371. The predicted octanol–water partition coefficient (Wildman–Crippen LogP) is 2.42. The first kappa shape index (κ1) is 15.7. The highest BCUT2D eigenvalue weighted by atomic mass is 16.5. The predicted molar refractivity (Wildman–Crippen MR) is 90.6 cm³/mol. The van der Waals surface area contributed by atoms with Crippen molar-refractivity contribution in [1.29, 1.82) is 0 Å². The van der Waals surface area contributed by atoms with Crippen molar-refractivity contribution in [2.75, 3.05) is 7.11 Å². The molecule has 0 fully saturated rings. The van der Waals surface area contributed by atoms with Crippen molar-refractivity contribution >= 4 is 5.91 Å². The van der Waals surface area contributed by atoms with Crippen LogP contribution in [0.4, 0.5) is 0 Å². The molecule has 0 saturated heterocycles. The van der Waals surface area contributed by atoms with Gasteiger partial charge in [0.2, 0.25) is 0 Å². The van der Waals surface area contributed by atoms with Crippen LogP contribution >= 0.6 is 0 Å². The molecule has 0 radical (unpaired) electrons. The molecule has 0 aliphatic rings. The minimum absolute atomic E-state index is 0.182. The molecular weight excluding hydrogens is 304 g/mol. The summed E-state index contributed by atoms with van der Waals surface area (Å²) in [5.41, 5.74) is 3.35. The Morgan fingerprint density at radius 2 is 2.08 bits per heavy atom. The highest BCUT2D eigenvalue weighted by Crippen LogP contribution is 2.19. The molecule has 0 aliphatic carbocycles. The lowest BCUT2D eigenvalue weighted by Gasteiger charge is -2.10. The van der Waals surface area contributed by atoms with Gasteiger partial charge >= 0.3 is 0 Å². The van der Waals surface area contributed by atoms with E-state index in [2.05, 4.69) is 15.4 Å². The number of aromatic nitrogens is 3. The molecule has 0 bridgehead atoms. The van der Waals surface area contributed by atoms with E-state index in [1.54, 1.807) is 42.5 Å². The Hall–Kier alpha value is -3.15. The number of amides is 1. The van der Waals surface area contributed by atoms with E-state index in [9.17, 15) is 4.79 Å². The van der Waals surface area contributed by atoms with Gasteiger partial charge in [-0.3, -0.25) is 14.5 Å². The van der Waals surface area contributed by atoms with Crippen molar-refractivity contribution in [2.45, 2.75) is 6.54 Å². The Balaban J connectivity index is 1.73. The van der Waals surface area contributed by atoms with Crippen LogP contribution in [0, 0.1) is 0 Å².